The van der Waals surface area contributed by atoms with Gasteiger partial charge in [0.1, 0.15) is 0 Å². The predicted octanol–water partition coefficient (Wildman–Crippen LogP) is 0.927. The second-order valence-corrected chi connectivity index (χ2v) is 6.25. The molecule has 0 saturated carbocycles. The average Bonchev–Trinajstić information content (AvgIpc) is 2.95. The number of aromatic nitrogens is 2. The van der Waals surface area contributed by atoms with Crippen LogP contribution in [0.3, 0.4) is 0 Å². The van der Waals surface area contributed by atoms with Gasteiger partial charge in [-0.1, -0.05) is 5.16 Å². The summed E-state index contributed by atoms with van der Waals surface area (Å²) in [6, 6.07) is 3.02. The van der Waals surface area contributed by atoms with Crippen LogP contribution in [0.15, 0.2) is 20.9 Å². The highest BCUT2D eigenvalue weighted by atomic mass is 32.2. The number of nitrogens with one attached hydrogen (secondary N) is 1. The zero-order chi connectivity index (χ0) is 13.2. The van der Waals surface area contributed by atoms with E-state index in [0.29, 0.717) is 11.5 Å². The molecule has 1 N–H and O–H groups in total. The molecule has 0 aliphatic carbocycles. The maximum atomic E-state index is 11.9. The first-order valence-electron chi connectivity index (χ1n) is 4.94. The van der Waals surface area contributed by atoms with Crippen LogP contribution in [-0.4, -0.2) is 25.1 Å². The highest BCUT2D eigenvalue weighted by Crippen LogP contribution is 2.21. The monoisotopic (exact) mass is 289 g/mol. The van der Waals surface area contributed by atoms with Gasteiger partial charge in [-0.15, -0.1) is 0 Å². The van der Waals surface area contributed by atoms with Crippen molar-refractivity contribution < 1.29 is 17.7 Å². The summed E-state index contributed by atoms with van der Waals surface area (Å²) in [5.41, 5.74) is 0.698. The third kappa shape index (κ3) is 2.86. The van der Waals surface area contributed by atoms with E-state index in [2.05, 4.69) is 14.3 Å². The van der Waals surface area contributed by atoms with E-state index < -0.39 is 10.0 Å². The van der Waals surface area contributed by atoms with Crippen molar-refractivity contribution in [3.05, 3.63) is 23.6 Å². The average molecular weight is 289 g/mol. The Balaban J connectivity index is 2.07. The summed E-state index contributed by atoms with van der Waals surface area (Å²) < 4.78 is 39.8. The number of aryl methyl sites for hydroxylation is 1. The Morgan fingerprint density at radius 3 is 2.83 bits per heavy atom. The van der Waals surface area contributed by atoms with Gasteiger partial charge in [0, 0.05) is 12.1 Å². The molecule has 0 aliphatic heterocycles. The lowest BCUT2D eigenvalue weighted by atomic mass is 10.4. The van der Waals surface area contributed by atoms with Gasteiger partial charge in [0.05, 0.1) is 19.3 Å². The van der Waals surface area contributed by atoms with Crippen LogP contribution in [0.1, 0.15) is 11.5 Å². The smallest absolute Gasteiger partial charge is 0.252 e. The van der Waals surface area contributed by atoms with Crippen LogP contribution in [0.4, 0.5) is 0 Å². The number of ether oxygens (including phenoxy) is 1. The number of hydrogen-bond acceptors (Lipinski definition) is 7. The summed E-state index contributed by atoms with van der Waals surface area (Å²) >= 11 is 0.850. The van der Waals surface area contributed by atoms with Crippen LogP contribution in [0.5, 0.6) is 5.88 Å². The molecule has 98 valence electrons. The lowest BCUT2D eigenvalue weighted by molar-refractivity contribution is 0.377. The Morgan fingerprint density at radius 1 is 1.50 bits per heavy atom. The van der Waals surface area contributed by atoms with E-state index in [4.69, 9.17) is 9.26 Å². The van der Waals surface area contributed by atoms with E-state index in [1.54, 1.807) is 13.0 Å². The molecule has 0 atom stereocenters. The fourth-order valence-electron chi connectivity index (χ4n) is 1.20. The minimum Gasteiger partial charge on any atom is -0.480 e. The molecule has 0 aromatic carbocycles. The molecule has 0 amide bonds. The maximum absolute atomic E-state index is 11.9. The summed E-state index contributed by atoms with van der Waals surface area (Å²) in [7, 11) is -2.17. The quantitative estimate of drug-likeness (QED) is 0.879. The molecule has 2 heterocycles. The number of rotatable bonds is 5. The van der Waals surface area contributed by atoms with Crippen LogP contribution in [0.25, 0.3) is 0 Å². The van der Waals surface area contributed by atoms with E-state index >= 15 is 0 Å². The molecular formula is C9H11N3O4S2. The second kappa shape index (κ2) is 5.04. The Kier molecular flexibility index (Phi) is 3.64. The highest BCUT2D eigenvalue weighted by Gasteiger charge is 2.18. The van der Waals surface area contributed by atoms with E-state index in [0.717, 1.165) is 11.5 Å². The molecule has 0 unspecified atom stereocenters. The third-order valence-electron chi connectivity index (χ3n) is 2.05. The van der Waals surface area contributed by atoms with Crippen molar-refractivity contribution in [3.63, 3.8) is 0 Å². The molecule has 0 bridgehead atoms. The van der Waals surface area contributed by atoms with Gasteiger partial charge < -0.3 is 9.26 Å². The van der Waals surface area contributed by atoms with Crippen molar-refractivity contribution in [3.8, 4) is 5.88 Å². The van der Waals surface area contributed by atoms with Crippen molar-refractivity contribution in [1.29, 1.82) is 0 Å². The third-order valence-corrected chi connectivity index (χ3v) is 4.68. The van der Waals surface area contributed by atoms with Crippen LogP contribution in [0.2, 0.25) is 0 Å². The number of hydrogen-bond donors (Lipinski definition) is 1. The van der Waals surface area contributed by atoms with Gasteiger partial charge >= 0.3 is 0 Å². The Labute approximate surface area is 108 Å². The number of sulfonamides is 1. The van der Waals surface area contributed by atoms with Gasteiger partial charge in [0.2, 0.25) is 5.88 Å². The van der Waals surface area contributed by atoms with Gasteiger partial charge in [-0.05, 0) is 18.5 Å². The molecular weight excluding hydrogens is 278 g/mol. The largest absolute Gasteiger partial charge is 0.480 e. The van der Waals surface area contributed by atoms with E-state index in [9.17, 15) is 8.42 Å². The first kappa shape index (κ1) is 13.0. The van der Waals surface area contributed by atoms with Gasteiger partial charge in [-0.2, -0.15) is 4.37 Å². The molecule has 0 fully saturated rings. The molecule has 2 rings (SSSR count). The van der Waals surface area contributed by atoms with Gasteiger partial charge in [-0.3, -0.25) is 0 Å². The number of methoxy groups -OCH3 is 1. The topological polar surface area (TPSA) is 94.3 Å². The maximum Gasteiger partial charge on any atom is 0.252 e. The molecule has 18 heavy (non-hydrogen) atoms. The lowest BCUT2D eigenvalue weighted by Gasteiger charge is -2.00. The van der Waals surface area contributed by atoms with Crippen LogP contribution in [-0.2, 0) is 16.6 Å². The van der Waals surface area contributed by atoms with E-state index in [-0.39, 0.29) is 16.6 Å². The predicted molar refractivity (Wildman–Crippen MR) is 63.9 cm³/mol. The first-order chi connectivity index (χ1) is 8.51. The summed E-state index contributed by atoms with van der Waals surface area (Å²) in [5, 5.41) is 3.67. The molecule has 9 heteroatoms. The fraction of sp³-hybridized carbons (Fsp3) is 0.333. The minimum absolute atomic E-state index is 0.0450. The van der Waals surface area contributed by atoms with Crippen molar-refractivity contribution >= 4 is 21.6 Å². The van der Waals surface area contributed by atoms with E-state index in [1.165, 1.54) is 13.2 Å². The van der Waals surface area contributed by atoms with Gasteiger partial charge in [-0.25, -0.2) is 13.1 Å². The lowest BCUT2D eigenvalue weighted by Crippen LogP contribution is -2.22. The summed E-state index contributed by atoms with van der Waals surface area (Å²) in [4.78, 5) is 0. The van der Waals surface area contributed by atoms with Crippen LogP contribution in [0, 0.1) is 6.92 Å². The Hall–Kier alpha value is -1.45. The van der Waals surface area contributed by atoms with Gasteiger partial charge in [0.15, 0.2) is 9.97 Å². The van der Waals surface area contributed by atoms with E-state index in [1.807, 2.05) is 0 Å². The van der Waals surface area contributed by atoms with Crippen molar-refractivity contribution in [2.75, 3.05) is 7.11 Å². The molecule has 0 radical (unpaired) electrons. The summed E-state index contributed by atoms with van der Waals surface area (Å²) in [6.07, 6.45) is 0. The Morgan fingerprint density at radius 2 is 2.28 bits per heavy atom. The molecule has 7 nitrogen and oxygen atoms in total. The van der Waals surface area contributed by atoms with Crippen molar-refractivity contribution in [2.24, 2.45) is 0 Å². The zero-order valence-electron chi connectivity index (χ0n) is 9.71. The molecule has 0 aliphatic rings. The molecule has 2 aromatic rings. The summed E-state index contributed by atoms with van der Waals surface area (Å²) in [5.74, 6) is 0.725. The van der Waals surface area contributed by atoms with Crippen LogP contribution < -0.4 is 9.46 Å². The first-order valence-corrected chi connectivity index (χ1v) is 7.19. The standard InChI is InChI=1S/C9H11N3O4S2/c1-6-3-7(16-11-6)5-10-18(13,14)9-4-8(15-2)12-17-9/h3-4,10H,5H2,1-2H3. The van der Waals surface area contributed by atoms with Crippen molar-refractivity contribution in [1.82, 2.24) is 14.3 Å². The SMILES string of the molecule is COc1cc(S(=O)(=O)NCc2cc(C)no2)sn1. The molecule has 0 saturated heterocycles. The van der Waals surface area contributed by atoms with Crippen molar-refractivity contribution in [2.45, 2.75) is 17.7 Å². The second-order valence-electron chi connectivity index (χ2n) is 3.45. The van der Waals surface area contributed by atoms with Gasteiger partial charge in [0.25, 0.3) is 10.0 Å². The zero-order valence-corrected chi connectivity index (χ0v) is 11.3. The van der Waals surface area contributed by atoms with Crippen LogP contribution >= 0.6 is 11.5 Å². The minimum atomic E-state index is -3.60. The normalized spacial score (nSPS) is 11.7. The fourth-order valence-corrected chi connectivity index (χ4v) is 3.08. The molecule has 2 aromatic heterocycles. The number of nitrogens with zero attached hydrogens (tertiary/aromatic N) is 2. The highest BCUT2D eigenvalue weighted by molar-refractivity contribution is 7.91. The molecule has 0 spiro atoms. The summed E-state index contributed by atoms with van der Waals surface area (Å²) in [6.45, 7) is 1.80. The Bertz CT molecular complexity index is 632.